The molecule has 0 aliphatic carbocycles. The Labute approximate surface area is 172 Å². The lowest BCUT2D eigenvalue weighted by Crippen LogP contribution is -2.34. The number of ether oxygens (including phenoxy) is 3. The summed E-state index contributed by atoms with van der Waals surface area (Å²) in [4.78, 5) is 29.4. The Morgan fingerprint density at radius 2 is 1.97 bits per heavy atom. The fourth-order valence-corrected chi connectivity index (χ4v) is 3.60. The Kier molecular flexibility index (Phi) is 6.66. The number of amides is 1. The van der Waals surface area contributed by atoms with Gasteiger partial charge in [-0.2, -0.15) is 0 Å². The topological polar surface area (TPSA) is 78.0 Å². The molecule has 1 amide bonds. The maximum Gasteiger partial charge on any atom is 0.416 e. The van der Waals surface area contributed by atoms with Gasteiger partial charge in [0, 0.05) is 6.42 Å². The van der Waals surface area contributed by atoms with Crippen LogP contribution >= 0.6 is 11.3 Å². The zero-order chi connectivity index (χ0) is 20.8. The molecule has 0 atom stereocenters. The van der Waals surface area contributed by atoms with E-state index >= 15 is 0 Å². The number of rotatable bonds is 7. The predicted octanol–water partition coefficient (Wildman–Crippen LogP) is 4.67. The molecule has 0 N–H and O–H groups in total. The third-order valence-electron chi connectivity index (χ3n) is 4.20. The lowest BCUT2D eigenvalue weighted by atomic mass is 10.2. The summed E-state index contributed by atoms with van der Waals surface area (Å²) in [7, 11) is 1.28. The number of thiazole rings is 1. The Morgan fingerprint density at radius 3 is 2.66 bits per heavy atom. The first-order valence-corrected chi connectivity index (χ1v) is 9.92. The van der Waals surface area contributed by atoms with Gasteiger partial charge in [0.15, 0.2) is 6.73 Å². The number of hydrogen-bond donors (Lipinski definition) is 0. The van der Waals surface area contributed by atoms with Crippen molar-refractivity contribution in [3.63, 3.8) is 0 Å². The number of hydrogen-bond acceptors (Lipinski definition) is 7. The zero-order valence-electron chi connectivity index (χ0n) is 16.5. The summed E-state index contributed by atoms with van der Waals surface area (Å²) < 4.78 is 16.9. The van der Waals surface area contributed by atoms with Crippen molar-refractivity contribution in [2.24, 2.45) is 0 Å². The highest BCUT2D eigenvalue weighted by Crippen LogP contribution is 2.27. The smallest absolute Gasteiger partial charge is 0.416 e. The van der Waals surface area contributed by atoms with Crippen LogP contribution < -0.4 is 9.64 Å². The second-order valence-corrected chi connectivity index (χ2v) is 7.32. The van der Waals surface area contributed by atoms with E-state index in [2.05, 4.69) is 4.98 Å². The molecule has 152 valence electrons. The molecule has 0 radical (unpaired) electrons. The minimum Gasteiger partial charge on any atom is -0.486 e. The molecule has 0 saturated heterocycles. The van der Waals surface area contributed by atoms with Crippen molar-refractivity contribution in [2.45, 2.75) is 26.9 Å². The van der Waals surface area contributed by atoms with Crippen molar-refractivity contribution < 1.29 is 23.8 Å². The molecule has 0 aliphatic heterocycles. The van der Waals surface area contributed by atoms with E-state index in [1.54, 1.807) is 30.4 Å². The molecule has 0 aliphatic rings. The fourth-order valence-electron chi connectivity index (χ4n) is 2.72. The highest BCUT2D eigenvalue weighted by atomic mass is 32.1. The molecule has 3 rings (SSSR count). The number of fused-ring (bicyclic) bond motifs is 1. The number of nitrogens with zero attached hydrogens (tertiary/aromatic N) is 2. The lowest BCUT2D eigenvalue weighted by molar-refractivity contribution is -0.143. The number of aryl methyl sites for hydroxylation is 1. The SMILES string of the molecule is CCC(=O)OCN(C(=O)OC)c1ccc(OCc2nc3ccccc3s2)cc1C. The zero-order valence-corrected chi connectivity index (χ0v) is 17.3. The van der Waals surface area contributed by atoms with Gasteiger partial charge in [-0.25, -0.2) is 14.7 Å². The molecule has 7 nitrogen and oxygen atoms in total. The van der Waals surface area contributed by atoms with Crippen LogP contribution in [-0.4, -0.2) is 30.9 Å². The van der Waals surface area contributed by atoms with E-state index in [4.69, 9.17) is 14.2 Å². The summed E-state index contributed by atoms with van der Waals surface area (Å²) in [5.74, 6) is 0.258. The van der Waals surface area contributed by atoms with E-state index in [1.807, 2.05) is 37.3 Å². The van der Waals surface area contributed by atoms with Gasteiger partial charge in [-0.1, -0.05) is 19.1 Å². The van der Waals surface area contributed by atoms with Gasteiger partial charge < -0.3 is 14.2 Å². The van der Waals surface area contributed by atoms with Crippen LogP contribution in [0.4, 0.5) is 10.5 Å². The van der Waals surface area contributed by atoms with Crippen LogP contribution in [0.1, 0.15) is 23.9 Å². The molecular weight excluding hydrogens is 392 g/mol. The molecule has 1 heterocycles. The summed E-state index contributed by atoms with van der Waals surface area (Å²) in [6, 6.07) is 13.3. The van der Waals surface area contributed by atoms with Gasteiger partial charge in [0.2, 0.25) is 0 Å². The average molecular weight is 414 g/mol. The third-order valence-corrected chi connectivity index (χ3v) is 5.21. The number of esters is 1. The summed E-state index contributed by atoms with van der Waals surface area (Å²) >= 11 is 1.59. The second-order valence-electron chi connectivity index (χ2n) is 6.21. The first-order valence-electron chi connectivity index (χ1n) is 9.10. The van der Waals surface area contributed by atoms with Crippen LogP contribution in [0.2, 0.25) is 0 Å². The van der Waals surface area contributed by atoms with E-state index in [1.165, 1.54) is 12.0 Å². The van der Waals surface area contributed by atoms with Crippen LogP contribution in [-0.2, 0) is 20.9 Å². The van der Waals surface area contributed by atoms with Gasteiger partial charge in [0.05, 0.1) is 23.0 Å². The first kappa shape index (κ1) is 20.6. The van der Waals surface area contributed by atoms with Crippen molar-refractivity contribution in [3.8, 4) is 5.75 Å². The number of para-hydroxylation sites is 1. The molecule has 1 aromatic heterocycles. The summed E-state index contributed by atoms with van der Waals surface area (Å²) in [5.41, 5.74) is 2.32. The number of aromatic nitrogens is 1. The van der Waals surface area contributed by atoms with E-state index in [0.29, 0.717) is 18.0 Å². The molecule has 0 fully saturated rings. The number of methoxy groups -OCH3 is 1. The van der Waals surface area contributed by atoms with Gasteiger partial charge in [-0.15, -0.1) is 11.3 Å². The fraction of sp³-hybridized carbons (Fsp3) is 0.286. The van der Waals surface area contributed by atoms with Gasteiger partial charge in [-0.3, -0.25) is 4.79 Å². The third kappa shape index (κ3) is 5.03. The maximum absolute atomic E-state index is 12.1. The highest BCUT2D eigenvalue weighted by Gasteiger charge is 2.20. The van der Waals surface area contributed by atoms with Crippen molar-refractivity contribution in [3.05, 3.63) is 53.0 Å². The molecule has 0 bridgehead atoms. The van der Waals surface area contributed by atoms with Crippen LogP contribution in [0, 0.1) is 6.92 Å². The minimum atomic E-state index is -0.611. The van der Waals surface area contributed by atoms with Crippen molar-refractivity contribution in [2.75, 3.05) is 18.7 Å². The number of benzene rings is 2. The maximum atomic E-state index is 12.1. The molecule has 29 heavy (non-hydrogen) atoms. The Bertz CT molecular complexity index is 984. The van der Waals surface area contributed by atoms with Crippen molar-refractivity contribution >= 4 is 39.3 Å². The Balaban J connectivity index is 1.71. The molecule has 8 heteroatoms. The quantitative estimate of drug-likeness (QED) is 0.413. The van der Waals surface area contributed by atoms with Gasteiger partial charge in [0.25, 0.3) is 0 Å². The van der Waals surface area contributed by atoms with Crippen molar-refractivity contribution in [1.82, 2.24) is 4.98 Å². The minimum absolute atomic E-state index is 0.216. The van der Waals surface area contributed by atoms with Crippen LogP contribution in [0.15, 0.2) is 42.5 Å². The second kappa shape index (κ2) is 9.38. The standard InChI is InChI=1S/C21H22N2O5S/c1-4-20(24)28-13-23(21(25)26-3)17-10-9-15(11-14(17)2)27-12-19-22-16-7-5-6-8-18(16)29-19/h5-11H,4,12-13H2,1-3H3. The highest BCUT2D eigenvalue weighted by molar-refractivity contribution is 7.18. The van der Waals surface area contributed by atoms with E-state index in [9.17, 15) is 9.59 Å². The Hall–Kier alpha value is -3.13. The monoisotopic (exact) mass is 414 g/mol. The van der Waals surface area contributed by atoms with E-state index in [0.717, 1.165) is 20.8 Å². The predicted molar refractivity (Wildman–Crippen MR) is 111 cm³/mol. The van der Waals surface area contributed by atoms with Gasteiger partial charge >= 0.3 is 12.1 Å². The van der Waals surface area contributed by atoms with E-state index < -0.39 is 12.1 Å². The summed E-state index contributed by atoms with van der Waals surface area (Å²) in [6.45, 7) is 3.67. The van der Waals surface area contributed by atoms with Crippen LogP contribution in [0.25, 0.3) is 10.2 Å². The largest absolute Gasteiger partial charge is 0.486 e. The average Bonchev–Trinajstić information content (AvgIpc) is 3.16. The van der Waals surface area contributed by atoms with Gasteiger partial charge in [0.1, 0.15) is 17.4 Å². The number of carbonyl (C=O) groups is 2. The Morgan fingerprint density at radius 1 is 1.17 bits per heavy atom. The lowest BCUT2D eigenvalue weighted by Gasteiger charge is -2.23. The normalized spacial score (nSPS) is 10.6. The molecule has 3 aromatic rings. The molecular formula is C21H22N2O5S. The number of anilines is 1. The van der Waals surface area contributed by atoms with Crippen molar-refractivity contribution in [1.29, 1.82) is 0 Å². The molecule has 2 aromatic carbocycles. The molecule has 0 spiro atoms. The number of carbonyl (C=O) groups excluding carboxylic acids is 2. The molecule has 0 unspecified atom stereocenters. The van der Waals surface area contributed by atoms with Gasteiger partial charge in [-0.05, 0) is 42.8 Å². The van der Waals surface area contributed by atoms with Crippen LogP contribution in [0.5, 0.6) is 5.75 Å². The van der Waals surface area contributed by atoms with Crippen LogP contribution in [0.3, 0.4) is 0 Å². The summed E-state index contributed by atoms with van der Waals surface area (Å²) in [6.07, 6.45) is -0.382. The summed E-state index contributed by atoms with van der Waals surface area (Å²) in [5, 5.41) is 0.885. The first-order chi connectivity index (χ1) is 14.0. The molecule has 0 saturated carbocycles. The van der Waals surface area contributed by atoms with E-state index in [-0.39, 0.29) is 13.2 Å².